The predicted octanol–water partition coefficient (Wildman–Crippen LogP) is 4.83. The highest BCUT2D eigenvalue weighted by Gasteiger charge is 2.55. The van der Waals surface area contributed by atoms with Crippen LogP contribution in [-0.2, 0) is 12.1 Å². The molecule has 0 spiro atoms. The second-order valence-electron chi connectivity index (χ2n) is 7.40. The van der Waals surface area contributed by atoms with Crippen LogP contribution in [0.4, 0.5) is 13.2 Å². The molecule has 8 heteroatoms. The predicted molar refractivity (Wildman–Crippen MR) is 111 cm³/mol. The number of rotatable bonds is 4. The SMILES string of the molecule is OC(Cn1ccc2ccncc21)(c1ccc2c(cnn2-c2ccccc2)c1)C(F)(F)F. The number of pyridine rings is 1. The van der Waals surface area contributed by atoms with Gasteiger partial charge < -0.3 is 9.67 Å². The summed E-state index contributed by atoms with van der Waals surface area (Å²) in [6, 6.07) is 16.9. The Balaban J connectivity index is 1.60. The van der Waals surface area contributed by atoms with Crippen LogP contribution in [0.1, 0.15) is 5.56 Å². The summed E-state index contributed by atoms with van der Waals surface area (Å²) in [5.74, 6) is 0. The van der Waals surface area contributed by atoms with Gasteiger partial charge >= 0.3 is 6.18 Å². The van der Waals surface area contributed by atoms with Crippen molar-refractivity contribution in [2.75, 3.05) is 0 Å². The molecule has 3 heterocycles. The summed E-state index contributed by atoms with van der Waals surface area (Å²) in [4.78, 5) is 3.99. The van der Waals surface area contributed by atoms with E-state index in [4.69, 9.17) is 0 Å². The Bertz CT molecular complexity index is 1370. The molecule has 2 aromatic carbocycles. The number of para-hydroxylation sites is 1. The summed E-state index contributed by atoms with van der Waals surface area (Å²) in [6.07, 6.45) is 1.18. The van der Waals surface area contributed by atoms with Crippen LogP contribution in [0, 0.1) is 0 Å². The van der Waals surface area contributed by atoms with Gasteiger partial charge in [-0.2, -0.15) is 18.3 Å². The van der Waals surface area contributed by atoms with Crippen LogP contribution in [0.15, 0.2) is 85.5 Å². The summed E-state index contributed by atoms with van der Waals surface area (Å²) in [6.45, 7) is -0.690. The summed E-state index contributed by atoms with van der Waals surface area (Å²) in [5.41, 5.74) is -1.37. The van der Waals surface area contributed by atoms with Crippen LogP contribution in [-0.4, -0.2) is 30.6 Å². The number of benzene rings is 2. The van der Waals surface area contributed by atoms with Crippen molar-refractivity contribution in [3.63, 3.8) is 0 Å². The number of halogens is 3. The third-order valence-electron chi connectivity index (χ3n) is 5.49. The Morgan fingerprint density at radius 1 is 0.871 bits per heavy atom. The van der Waals surface area contributed by atoms with E-state index in [2.05, 4.69) is 10.1 Å². The van der Waals surface area contributed by atoms with Gasteiger partial charge in [0.1, 0.15) is 0 Å². The molecule has 31 heavy (non-hydrogen) atoms. The summed E-state index contributed by atoms with van der Waals surface area (Å²) in [7, 11) is 0. The Hall–Kier alpha value is -3.65. The van der Waals surface area contributed by atoms with E-state index < -0.39 is 18.3 Å². The molecule has 0 aliphatic rings. The number of nitrogens with zero attached hydrogens (tertiary/aromatic N) is 4. The van der Waals surface area contributed by atoms with Gasteiger partial charge in [0.2, 0.25) is 5.60 Å². The first-order valence-electron chi connectivity index (χ1n) is 9.58. The van der Waals surface area contributed by atoms with Crippen molar-refractivity contribution in [3.05, 3.63) is 91.0 Å². The number of hydrogen-bond acceptors (Lipinski definition) is 3. The number of alkyl halides is 3. The van der Waals surface area contributed by atoms with E-state index >= 15 is 0 Å². The molecule has 3 aromatic heterocycles. The van der Waals surface area contributed by atoms with Crippen molar-refractivity contribution >= 4 is 21.8 Å². The quantitative estimate of drug-likeness (QED) is 0.452. The zero-order chi connectivity index (χ0) is 21.6. The molecule has 1 atom stereocenters. The fraction of sp³-hybridized carbons (Fsp3) is 0.130. The zero-order valence-corrected chi connectivity index (χ0v) is 16.2. The van der Waals surface area contributed by atoms with E-state index in [9.17, 15) is 18.3 Å². The van der Waals surface area contributed by atoms with Crippen molar-refractivity contribution in [3.8, 4) is 5.69 Å². The fourth-order valence-corrected chi connectivity index (χ4v) is 3.82. The van der Waals surface area contributed by atoms with Crippen molar-refractivity contribution < 1.29 is 18.3 Å². The van der Waals surface area contributed by atoms with E-state index in [-0.39, 0.29) is 5.56 Å². The second-order valence-corrected chi connectivity index (χ2v) is 7.40. The van der Waals surface area contributed by atoms with Gasteiger partial charge in [-0.25, -0.2) is 4.68 Å². The highest BCUT2D eigenvalue weighted by Crippen LogP contribution is 2.42. The van der Waals surface area contributed by atoms with E-state index in [1.54, 1.807) is 29.1 Å². The van der Waals surface area contributed by atoms with Gasteiger partial charge in [-0.3, -0.25) is 4.98 Å². The molecule has 0 bridgehead atoms. The molecule has 5 rings (SSSR count). The van der Waals surface area contributed by atoms with E-state index in [1.807, 2.05) is 30.3 Å². The van der Waals surface area contributed by atoms with E-state index in [1.165, 1.54) is 35.3 Å². The van der Waals surface area contributed by atoms with Gasteiger partial charge in [-0.05, 0) is 42.0 Å². The molecule has 0 saturated heterocycles. The summed E-state index contributed by atoms with van der Waals surface area (Å²) >= 11 is 0. The number of aliphatic hydroxyl groups is 1. The van der Waals surface area contributed by atoms with Crippen molar-refractivity contribution in [1.29, 1.82) is 0 Å². The maximum absolute atomic E-state index is 14.2. The first-order chi connectivity index (χ1) is 14.9. The molecular formula is C23H17F3N4O. The van der Waals surface area contributed by atoms with Gasteiger partial charge in [0.15, 0.2) is 0 Å². The van der Waals surface area contributed by atoms with Crippen molar-refractivity contribution in [2.45, 2.75) is 18.3 Å². The maximum Gasteiger partial charge on any atom is 0.423 e. The average molecular weight is 422 g/mol. The van der Waals surface area contributed by atoms with Crippen molar-refractivity contribution in [1.82, 2.24) is 19.3 Å². The van der Waals surface area contributed by atoms with E-state index in [0.717, 1.165) is 11.1 Å². The fourth-order valence-electron chi connectivity index (χ4n) is 3.82. The third kappa shape index (κ3) is 3.16. The standard InChI is InChI=1S/C23H17F3N4O/c24-23(25,26)22(31,15-29-11-9-16-8-10-27-14-21(16)29)18-6-7-20-17(12-18)13-28-30(20)19-4-2-1-3-5-19/h1-14,31H,15H2. The lowest BCUT2D eigenvalue weighted by Crippen LogP contribution is -2.45. The Kier molecular flexibility index (Phi) is 4.33. The summed E-state index contributed by atoms with van der Waals surface area (Å²) < 4.78 is 45.5. The molecule has 0 aliphatic carbocycles. The number of fused-ring (bicyclic) bond motifs is 2. The lowest BCUT2D eigenvalue weighted by molar-refractivity contribution is -0.271. The molecule has 0 fully saturated rings. The normalized spacial score (nSPS) is 14.2. The van der Waals surface area contributed by atoms with Crippen LogP contribution in [0.3, 0.4) is 0 Å². The highest BCUT2D eigenvalue weighted by molar-refractivity contribution is 5.81. The smallest absolute Gasteiger partial charge is 0.375 e. The largest absolute Gasteiger partial charge is 0.423 e. The van der Waals surface area contributed by atoms with E-state index in [0.29, 0.717) is 16.4 Å². The molecule has 1 N–H and O–H groups in total. The van der Waals surface area contributed by atoms with Gasteiger partial charge in [-0.15, -0.1) is 0 Å². The molecule has 156 valence electrons. The van der Waals surface area contributed by atoms with Gasteiger partial charge in [-0.1, -0.05) is 24.3 Å². The Morgan fingerprint density at radius 2 is 1.68 bits per heavy atom. The lowest BCUT2D eigenvalue weighted by atomic mass is 9.92. The van der Waals surface area contributed by atoms with Crippen LogP contribution >= 0.6 is 0 Å². The minimum atomic E-state index is -4.89. The zero-order valence-electron chi connectivity index (χ0n) is 16.2. The molecule has 5 nitrogen and oxygen atoms in total. The molecule has 5 aromatic rings. The number of aromatic nitrogens is 4. The van der Waals surface area contributed by atoms with Gasteiger partial charge in [0, 0.05) is 23.2 Å². The second kappa shape index (κ2) is 6.95. The summed E-state index contributed by atoms with van der Waals surface area (Å²) in [5, 5.41) is 16.5. The molecular weight excluding hydrogens is 405 g/mol. The van der Waals surface area contributed by atoms with Gasteiger partial charge in [0.25, 0.3) is 0 Å². The topological polar surface area (TPSA) is 55.9 Å². The molecule has 0 radical (unpaired) electrons. The first-order valence-corrected chi connectivity index (χ1v) is 9.58. The van der Waals surface area contributed by atoms with Crippen LogP contribution < -0.4 is 0 Å². The maximum atomic E-state index is 14.2. The van der Waals surface area contributed by atoms with Gasteiger partial charge in [0.05, 0.1) is 35.7 Å². The first kappa shape index (κ1) is 19.3. The van der Waals surface area contributed by atoms with Crippen LogP contribution in [0.25, 0.3) is 27.5 Å². The Labute approximate surface area is 175 Å². The molecule has 0 amide bonds. The van der Waals surface area contributed by atoms with Crippen LogP contribution in [0.5, 0.6) is 0 Å². The average Bonchev–Trinajstić information content (AvgIpc) is 3.37. The molecule has 0 aliphatic heterocycles. The van der Waals surface area contributed by atoms with Crippen LogP contribution in [0.2, 0.25) is 0 Å². The monoisotopic (exact) mass is 422 g/mol. The minimum absolute atomic E-state index is 0.245. The molecule has 1 unspecified atom stereocenters. The number of hydrogen-bond donors (Lipinski definition) is 1. The lowest BCUT2D eigenvalue weighted by Gasteiger charge is -2.31. The third-order valence-corrected chi connectivity index (χ3v) is 5.49. The molecule has 0 saturated carbocycles. The Morgan fingerprint density at radius 3 is 2.45 bits per heavy atom. The highest BCUT2D eigenvalue weighted by atomic mass is 19.4. The minimum Gasteiger partial charge on any atom is -0.375 e. The van der Waals surface area contributed by atoms with Crippen molar-refractivity contribution in [2.24, 2.45) is 0 Å².